The Morgan fingerprint density at radius 2 is 2.00 bits per heavy atom. The van der Waals surface area contributed by atoms with Gasteiger partial charge in [0.2, 0.25) is 0 Å². The number of thiocarbonyl (C=S) groups is 1. The van der Waals surface area contributed by atoms with Crippen molar-refractivity contribution < 1.29 is 4.74 Å². The van der Waals surface area contributed by atoms with E-state index in [0.29, 0.717) is 5.02 Å². The van der Waals surface area contributed by atoms with Crippen molar-refractivity contribution in [3.63, 3.8) is 0 Å². The third kappa shape index (κ3) is 4.00. The highest BCUT2D eigenvalue weighted by molar-refractivity contribution is 8.22. The lowest BCUT2D eigenvalue weighted by atomic mass is 9.92. The molecule has 1 aliphatic rings. The van der Waals surface area contributed by atoms with Gasteiger partial charge < -0.3 is 15.4 Å². The predicted molar refractivity (Wildman–Crippen MR) is 117 cm³/mol. The van der Waals surface area contributed by atoms with Crippen LogP contribution in [0.15, 0.2) is 48.5 Å². The highest BCUT2D eigenvalue weighted by Crippen LogP contribution is 2.37. The number of halogens is 1. The minimum absolute atomic E-state index is 0.0583. The first-order valence-electron chi connectivity index (χ1n) is 8.28. The third-order valence-electron chi connectivity index (χ3n) is 4.54. The molecule has 2 aromatic carbocycles. The number of anilines is 1. The number of hydrogen-bond acceptors (Lipinski definition) is 4. The lowest BCUT2D eigenvalue weighted by Crippen LogP contribution is -2.34. The minimum atomic E-state index is 0.0583. The molecule has 0 saturated carbocycles. The van der Waals surface area contributed by atoms with Gasteiger partial charge in [0.25, 0.3) is 0 Å². The van der Waals surface area contributed by atoms with E-state index in [4.69, 9.17) is 34.3 Å². The van der Waals surface area contributed by atoms with Crippen molar-refractivity contribution in [2.24, 2.45) is 0 Å². The average molecular weight is 405 g/mol. The molecule has 0 aliphatic carbocycles. The Bertz CT molecular complexity index is 836. The quantitative estimate of drug-likeness (QED) is 0.547. The van der Waals surface area contributed by atoms with Gasteiger partial charge in [-0.05, 0) is 54.1 Å². The van der Waals surface area contributed by atoms with Gasteiger partial charge in [0.1, 0.15) is 10.1 Å². The molecule has 1 atom stereocenters. The molecule has 2 N–H and O–H groups in total. The first kappa shape index (κ1) is 19.1. The largest absolute Gasteiger partial charge is 0.497 e. The summed E-state index contributed by atoms with van der Waals surface area (Å²) in [5.74, 6) is 0.840. The van der Waals surface area contributed by atoms with Gasteiger partial charge in [-0.3, -0.25) is 0 Å². The van der Waals surface area contributed by atoms with Gasteiger partial charge in [-0.2, -0.15) is 0 Å². The van der Waals surface area contributed by atoms with Crippen LogP contribution in [-0.2, 0) is 0 Å². The van der Waals surface area contributed by atoms with Crippen LogP contribution in [0.25, 0.3) is 5.57 Å². The van der Waals surface area contributed by atoms with E-state index in [0.717, 1.165) is 34.3 Å². The van der Waals surface area contributed by atoms with E-state index in [1.165, 1.54) is 11.1 Å². The monoisotopic (exact) mass is 404 g/mol. The fourth-order valence-electron chi connectivity index (χ4n) is 3.17. The van der Waals surface area contributed by atoms with Gasteiger partial charge in [-0.1, -0.05) is 42.0 Å². The van der Waals surface area contributed by atoms with Gasteiger partial charge in [-0.15, -0.1) is 11.8 Å². The zero-order valence-corrected chi connectivity index (χ0v) is 17.1. The standard InChI is InChI=1S/C20H21ClN2OS2/c1-24-16-6-3-13(4-7-16)19-11-14(9-10-23(19)20(25)26-2)17-12-15(21)5-8-18(17)22/h3-8,11-12,19H,9-10,22H2,1-2H3. The topological polar surface area (TPSA) is 38.5 Å². The number of hydrogen-bond donors (Lipinski definition) is 1. The maximum Gasteiger partial charge on any atom is 0.136 e. The van der Waals surface area contributed by atoms with Gasteiger partial charge in [-0.25, -0.2) is 0 Å². The van der Waals surface area contributed by atoms with Crippen LogP contribution in [-0.4, -0.2) is 29.1 Å². The van der Waals surface area contributed by atoms with Gasteiger partial charge in [0, 0.05) is 22.8 Å². The highest BCUT2D eigenvalue weighted by atomic mass is 35.5. The first-order valence-corrected chi connectivity index (χ1v) is 10.3. The smallest absolute Gasteiger partial charge is 0.136 e. The van der Waals surface area contributed by atoms with Crippen LogP contribution in [0.4, 0.5) is 5.69 Å². The molecular weight excluding hydrogens is 384 g/mol. The maximum atomic E-state index is 6.20. The first-order chi connectivity index (χ1) is 12.5. The van der Waals surface area contributed by atoms with Crippen molar-refractivity contribution >= 4 is 51.2 Å². The Morgan fingerprint density at radius 1 is 1.27 bits per heavy atom. The highest BCUT2D eigenvalue weighted by Gasteiger charge is 2.26. The van der Waals surface area contributed by atoms with E-state index in [2.05, 4.69) is 23.1 Å². The fraction of sp³-hybridized carbons (Fsp3) is 0.250. The van der Waals surface area contributed by atoms with Crippen LogP contribution in [0.2, 0.25) is 5.02 Å². The minimum Gasteiger partial charge on any atom is -0.497 e. The van der Waals surface area contributed by atoms with Gasteiger partial charge in [0.05, 0.1) is 13.2 Å². The predicted octanol–water partition coefficient (Wildman–Crippen LogP) is 5.41. The van der Waals surface area contributed by atoms with Gasteiger partial charge in [0.15, 0.2) is 0 Å². The molecule has 0 fully saturated rings. The molecule has 1 heterocycles. The van der Waals surface area contributed by atoms with Crippen molar-refractivity contribution in [3.8, 4) is 5.75 Å². The normalized spacial score (nSPS) is 17.0. The summed E-state index contributed by atoms with van der Waals surface area (Å²) in [6.45, 7) is 0.841. The lowest BCUT2D eigenvalue weighted by molar-refractivity contribution is 0.373. The summed E-state index contributed by atoms with van der Waals surface area (Å²) < 4.78 is 6.17. The second-order valence-corrected chi connectivity index (χ2v) is 7.93. The number of ether oxygens (including phenoxy) is 1. The van der Waals surface area contributed by atoms with Crippen molar-refractivity contribution in [2.45, 2.75) is 12.5 Å². The molecule has 0 spiro atoms. The van der Waals surface area contributed by atoms with Crippen molar-refractivity contribution in [1.29, 1.82) is 0 Å². The summed E-state index contributed by atoms with van der Waals surface area (Å²) in [6, 6.07) is 13.8. The number of nitrogens with zero attached hydrogens (tertiary/aromatic N) is 1. The molecule has 0 amide bonds. The zero-order chi connectivity index (χ0) is 18.7. The van der Waals surface area contributed by atoms with Crippen molar-refractivity contribution in [1.82, 2.24) is 4.90 Å². The number of nitrogens with two attached hydrogens (primary N) is 1. The molecule has 2 aromatic rings. The van der Waals surface area contributed by atoms with Crippen LogP contribution in [0.3, 0.4) is 0 Å². The molecule has 0 bridgehead atoms. The second kappa shape index (κ2) is 8.33. The van der Waals surface area contributed by atoms with Crippen LogP contribution >= 0.6 is 35.6 Å². The molecule has 3 rings (SSSR count). The molecule has 0 aromatic heterocycles. The Labute approximate surface area is 169 Å². The molecule has 1 unspecified atom stereocenters. The van der Waals surface area contributed by atoms with Crippen molar-refractivity contribution in [3.05, 3.63) is 64.7 Å². The molecule has 26 heavy (non-hydrogen) atoms. The maximum absolute atomic E-state index is 6.20. The number of thioether (sulfide) groups is 1. The molecule has 136 valence electrons. The van der Waals surface area contributed by atoms with E-state index in [1.54, 1.807) is 18.9 Å². The number of benzene rings is 2. The number of nitrogen functional groups attached to an aromatic ring is 1. The summed E-state index contributed by atoms with van der Waals surface area (Å²) in [5.41, 5.74) is 10.3. The Kier molecular flexibility index (Phi) is 6.12. The van der Waals surface area contributed by atoms with Crippen LogP contribution in [0, 0.1) is 0 Å². The summed E-state index contributed by atoms with van der Waals surface area (Å²) in [5, 5.41) is 0.693. The molecule has 0 radical (unpaired) electrons. The summed E-state index contributed by atoms with van der Waals surface area (Å²) in [4.78, 5) is 2.26. The summed E-state index contributed by atoms with van der Waals surface area (Å²) in [7, 11) is 1.67. The Balaban J connectivity index is 2.03. The van der Waals surface area contributed by atoms with E-state index >= 15 is 0 Å². The fourth-order valence-corrected chi connectivity index (χ4v) is 3.99. The second-order valence-electron chi connectivity index (χ2n) is 6.05. The molecule has 6 heteroatoms. The van der Waals surface area contributed by atoms with Gasteiger partial charge >= 0.3 is 0 Å². The number of methoxy groups -OCH3 is 1. The lowest BCUT2D eigenvalue weighted by Gasteiger charge is -2.36. The molecule has 3 nitrogen and oxygen atoms in total. The molecule has 1 aliphatic heterocycles. The van der Waals surface area contributed by atoms with Crippen LogP contribution < -0.4 is 10.5 Å². The van der Waals surface area contributed by atoms with Crippen LogP contribution in [0.5, 0.6) is 5.75 Å². The molecular formula is C20H21ClN2OS2. The average Bonchev–Trinajstić information content (AvgIpc) is 2.69. The van der Waals surface area contributed by atoms with E-state index in [-0.39, 0.29) is 6.04 Å². The summed E-state index contributed by atoms with van der Waals surface area (Å²) in [6.07, 6.45) is 5.13. The molecule has 0 saturated heterocycles. The van der Waals surface area contributed by atoms with E-state index in [9.17, 15) is 0 Å². The third-order valence-corrected chi connectivity index (χ3v) is 6.10. The Hall–Kier alpha value is -1.69. The van der Waals surface area contributed by atoms with Crippen molar-refractivity contribution in [2.75, 3.05) is 25.6 Å². The van der Waals surface area contributed by atoms with E-state index < -0.39 is 0 Å². The van der Waals surface area contributed by atoms with E-state index in [1.807, 2.05) is 36.6 Å². The zero-order valence-electron chi connectivity index (χ0n) is 14.7. The SMILES string of the molecule is COc1ccc(C2C=C(c3cc(Cl)ccc3N)CCN2C(=S)SC)cc1. The number of rotatable bonds is 3. The van der Waals surface area contributed by atoms with Crippen LogP contribution in [0.1, 0.15) is 23.6 Å². The Morgan fingerprint density at radius 3 is 2.65 bits per heavy atom. The summed E-state index contributed by atoms with van der Waals surface area (Å²) >= 11 is 13.4.